The standard InChI is InChI=1S/C32H38N4O4/c1-20(2)14-28(36-19-23(11-12-29(36)37)26-10-5-6-13-34-26)32(40)35-27(16-30(38)39)24-15-25(18-33-17-24)31-21(3)8-7-9-22(31)4/h5-10,13,15,17-18,20,23,27-28H,11-12,14,16,19H2,1-4H3,(H,35,40)(H,38,39)/t23?,27-,28?/m0/s1. The first kappa shape index (κ1) is 28.9. The fourth-order valence-electron chi connectivity index (χ4n) is 5.60. The molecule has 3 heterocycles. The first-order valence-corrected chi connectivity index (χ1v) is 13.9. The Kier molecular flexibility index (Phi) is 9.30. The van der Waals surface area contributed by atoms with Crippen LogP contribution in [0, 0.1) is 19.8 Å². The molecule has 3 aromatic rings. The Balaban J connectivity index is 1.62. The number of hydrogen-bond acceptors (Lipinski definition) is 5. The predicted octanol–water partition coefficient (Wildman–Crippen LogP) is 5.21. The molecule has 2 amide bonds. The highest BCUT2D eigenvalue weighted by Crippen LogP contribution is 2.31. The molecular formula is C32H38N4O4. The van der Waals surface area contributed by atoms with Crippen molar-refractivity contribution in [3.63, 3.8) is 0 Å². The molecule has 2 aromatic heterocycles. The fraction of sp³-hybridized carbons (Fsp3) is 0.406. The number of rotatable bonds is 10. The molecule has 8 heteroatoms. The Morgan fingerprint density at radius 1 is 1.10 bits per heavy atom. The van der Waals surface area contributed by atoms with Crippen molar-refractivity contribution in [2.45, 2.75) is 71.4 Å². The van der Waals surface area contributed by atoms with Gasteiger partial charge in [-0.2, -0.15) is 0 Å². The zero-order valence-electron chi connectivity index (χ0n) is 23.6. The molecule has 0 bridgehead atoms. The predicted molar refractivity (Wildman–Crippen MR) is 153 cm³/mol. The van der Waals surface area contributed by atoms with Crippen LogP contribution in [-0.4, -0.2) is 50.3 Å². The maximum absolute atomic E-state index is 13.9. The molecule has 4 rings (SSSR count). The van der Waals surface area contributed by atoms with Crippen molar-refractivity contribution in [1.29, 1.82) is 0 Å². The maximum Gasteiger partial charge on any atom is 0.305 e. The highest BCUT2D eigenvalue weighted by atomic mass is 16.4. The molecule has 1 saturated heterocycles. The van der Waals surface area contributed by atoms with Crippen LogP contribution in [0.15, 0.2) is 61.1 Å². The minimum Gasteiger partial charge on any atom is -0.481 e. The maximum atomic E-state index is 13.9. The topological polar surface area (TPSA) is 112 Å². The van der Waals surface area contributed by atoms with E-state index in [1.807, 2.05) is 70.2 Å². The van der Waals surface area contributed by atoms with Gasteiger partial charge in [-0.25, -0.2) is 0 Å². The van der Waals surface area contributed by atoms with Crippen LogP contribution in [0.5, 0.6) is 0 Å². The van der Waals surface area contributed by atoms with Gasteiger partial charge in [0.25, 0.3) is 0 Å². The van der Waals surface area contributed by atoms with Crippen LogP contribution in [0.25, 0.3) is 11.1 Å². The Morgan fingerprint density at radius 3 is 2.50 bits per heavy atom. The number of likely N-dealkylation sites (tertiary alicyclic amines) is 1. The molecular weight excluding hydrogens is 504 g/mol. The third kappa shape index (κ3) is 6.92. The van der Waals surface area contributed by atoms with Crippen LogP contribution in [0.4, 0.5) is 0 Å². The van der Waals surface area contributed by atoms with Gasteiger partial charge in [0.1, 0.15) is 6.04 Å². The smallest absolute Gasteiger partial charge is 0.305 e. The molecule has 40 heavy (non-hydrogen) atoms. The lowest BCUT2D eigenvalue weighted by molar-refractivity contribution is -0.144. The van der Waals surface area contributed by atoms with E-state index in [-0.39, 0.29) is 30.1 Å². The van der Waals surface area contributed by atoms with E-state index in [2.05, 4.69) is 15.3 Å². The average Bonchev–Trinajstić information content (AvgIpc) is 2.92. The van der Waals surface area contributed by atoms with Gasteiger partial charge >= 0.3 is 5.97 Å². The van der Waals surface area contributed by atoms with Crippen LogP contribution < -0.4 is 5.32 Å². The lowest BCUT2D eigenvalue weighted by Crippen LogP contribution is -2.53. The van der Waals surface area contributed by atoms with Crippen LogP contribution in [0.3, 0.4) is 0 Å². The number of aliphatic carboxylic acids is 1. The molecule has 0 aliphatic carbocycles. The van der Waals surface area contributed by atoms with Gasteiger partial charge in [-0.15, -0.1) is 0 Å². The van der Waals surface area contributed by atoms with Gasteiger partial charge in [-0.05, 0) is 73.1 Å². The Hall–Kier alpha value is -4.07. The number of nitrogens with one attached hydrogen (secondary N) is 1. The van der Waals surface area contributed by atoms with E-state index in [4.69, 9.17) is 0 Å². The van der Waals surface area contributed by atoms with E-state index < -0.39 is 18.1 Å². The van der Waals surface area contributed by atoms with Crippen molar-refractivity contribution in [2.24, 2.45) is 5.92 Å². The Labute approximate surface area is 235 Å². The summed E-state index contributed by atoms with van der Waals surface area (Å²) in [7, 11) is 0. The summed E-state index contributed by atoms with van der Waals surface area (Å²) >= 11 is 0. The van der Waals surface area contributed by atoms with Gasteiger partial charge in [0.15, 0.2) is 0 Å². The van der Waals surface area contributed by atoms with Crippen molar-refractivity contribution < 1.29 is 19.5 Å². The van der Waals surface area contributed by atoms with Crippen molar-refractivity contribution in [3.8, 4) is 11.1 Å². The highest BCUT2D eigenvalue weighted by molar-refractivity contribution is 5.89. The molecule has 1 aliphatic heterocycles. The summed E-state index contributed by atoms with van der Waals surface area (Å²) in [4.78, 5) is 49.4. The SMILES string of the molecule is Cc1cccc(C)c1-c1cncc([C@H](CC(=O)O)NC(=O)C(CC(C)C)N2CC(c3ccccn3)CCC2=O)c1. The molecule has 2 unspecified atom stereocenters. The van der Waals surface area contributed by atoms with E-state index in [0.717, 1.165) is 27.9 Å². The Morgan fingerprint density at radius 2 is 1.85 bits per heavy atom. The number of benzene rings is 1. The molecule has 1 aromatic carbocycles. The number of carbonyl (C=O) groups is 3. The second-order valence-electron chi connectivity index (χ2n) is 11.1. The van der Waals surface area contributed by atoms with E-state index in [1.165, 1.54) is 0 Å². The van der Waals surface area contributed by atoms with Crippen molar-refractivity contribution in [3.05, 3.63) is 83.4 Å². The zero-order valence-corrected chi connectivity index (χ0v) is 23.6. The molecule has 8 nitrogen and oxygen atoms in total. The summed E-state index contributed by atoms with van der Waals surface area (Å²) in [5.74, 6) is -1.28. The minimum absolute atomic E-state index is 0.0365. The second-order valence-corrected chi connectivity index (χ2v) is 11.1. The van der Waals surface area contributed by atoms with Crippen molar-refractivity contribution in [2.75, 3.05) is 6.54 Å². The first-order chi connectivity index (χ1) is 19.1. The molecule has 0 saturated carbocycles. The summed E-state index contributed by atoms with van der Waals surface area (Å²) in [6.45, 7) is 8.47. The number of aromatic nitrogens is 2. The highest BCUT2D eigenvalue weighted by Gasteiger charge is 2.37. The molecule has 210 valence electrons. The monoisotopic (exact) mass is 542 g/mol. The van der Waals surface area contributed by atoms with E-state index in [0.29, 0.717) is 31.4 Å². The van der Waals surface area contributed by atoms with E-state index in [1.54, 1.807) is 23.5 Å². The average molecular weight is 543 g/mol. The van der Waals surface area contributed by atoms with Gasteiger partial charge in [-0.1, -0.05) is 38.1 Å². The van der Waals surface area contributed by atoms with Gasteiger partial charge in [0.05, 0.1) is 12.5 Å². The first-order valence-electron chi connectivity index (χ1n) is 13.9. The molecule has 1 fully saturated rings. The zero-order chi connectivity index (χ0) is 28.8. The quantitative estimate of drug-likeness (QED) is 0.364. The number of amides is 2. The van der Waals surface area contributed by atoms with Crippen molar-refractivity contribution >= 4 is 17.8 Å². The number of carboxylic acid groups (broad SMARTS) is 1. The number of nitrogens with zero attached hydrogens (tertiary/aromatic N) is 3. The number of pyridine rings is 2. The lowest BCUT2D eigenvalue weighted by Gasteiger charge is -2.38. The summed E-state index contributed by atoms with van der Waals surface area (Å²) in [6, 6.07) is 12.2. The third-order valence-corrected chi connectivity index (χ3v) is 7.55. The van der Waals surface area contributed by atoms with Gasteiger partial charge in [-0.3, -0.25) is 24.4 Å². The van der Waals surface area contributed by atoms with Crippen LogP contribution >= 0.6 is 0 Å². The van der Waals surface area contributed by atoms with Gasteiger partial charge < -0.3 is 15.3 Å². The van der Waals surface area contributed by atoms with E-state index >= 15 is 0 Å². The van der Waals surface area contributed by atoms with E-state index in [9.17, 15) is 19.5 Å². The summed E-state index contributed by atoms with van der Waals surface area (Å²) in [5, 5.41) is 12.7. The minimum atomic E-state index is -1.03. The van der Waals surface area contributed by atoms with Gasteiger partial charge in [0.2, 0.25) is 11.8 Å². The molecule has 1 aliphatic rings. The lowest BCUT2D eigenvalue weighted by atomic mass is 9.90. The molecule has 0 radical (unpaired) electrons. The van der Waals surface area contributed by atoms with Gasteiger partial charge in [0, 0.05) is 48.7 Å². The molecule has 0 spiro atoms. The second kappa shape index (κ2) is 12.9. The number of carbonyl (C=O) groups excluding carboxylic acids is 2. The third-order valence-electron chi connectivity index (χ3n) is 7.55. The molecule has 3 atom stereocenters. The number of aryl methyl sites for hydroxylation is 2. The number of piperidine rings is 1. The number of carboxylic acids is 1. The van der Waals surface area contributed by atoms with Crippen LogP contribution in [-0.2, 0) is 14.4 Å². The molecule has 2 N–H and O–H groups in total. The summed E-state index contributed by atoms with van der Waals surface area (Å²) < 4.78 is 0. The van der Waals surface area contributed by atoms with Crippen molar-refractivity contribution in [1.82, 2.24) is 20.2 Å². The largest absolute Gasteiger partial charge is 0.481 e. The number of hydrogen-bond donors (Lipinski definition) is 2. The normalized spacial score (nSPS) is 17.0. The Bertz CT molecular complexity index is 1340. The summed E-state index contributed by atoms with van der Waals surface area (Å²) in [5.41, 5.74) is 5.58. The summed E-state index contributed by atoms with van der Waals surface area (Å²) in [6.07, 6.45) is 6.28. The fourth-order valence-corrected chi connectivity index (χ4v) is 5.60. The van der Waals surface area contributed by atoms with Crippen LogP contribution in [0.1, 0.15) is 73.9 Å². The van der Waals surface area contributed by atoms with Crippen LogP contribution in [0.2, 0.25) is 0 Å².